The van der Waals surface area contributed by atoms with Gasteiger partial charge in [-0.1, -0.05) is 13.8 Å². The van der Waals surface area contributed by atoms with Crippen molar-refractivity contribution in [1.29, 1.82) is 0 Å². The molecule has 1 saturated carbocycles. The number of aromatic nitrogens is 2. The van der Waals surface area contributed by atoms with E-state index in [1.54, 1.807) is 0 Å². The molecule has 0 unspecified atom stereocenters. The summed E-state index contributed by atoms with van der Waals surface area (Å²) in [4.78, 5) is 0. The van der Waals surface area contributed by atoms with Crippen molar-refractivity contribution in [1.82, 2.24) is 9.78 Å². The van der Waals surface area contributed by atoms with E-state index in [0.717, 1.165) is 25.8 Å². The van der Waals surface area contributed by atoms with Crippen LogP contribution in [-0.4, -0.2) is 21.5 Å². The molecule has 1 aliphatic carbocycles. The molecule has 1 aromatic rings. The van der Waals surface area contributed by atoms with Crippen LogP contribution in [0.4, 0.5) is 0 Å². The van der Waals surface area contributed by atoms with E-state index >= 15 is 0 Å². The van der Waals surface area contributed by atoms with Gasteiger partial charge in [0.1, 0.15) is 0 Å². The molecule has 0 radical (unpaired) electrons. The van der Waals surface area contributed by atoms with Crippen LogP contribution in [0.2, 0.25) is 0 Å². The smallest absolute Gasteiger partial charge is 0.0492 e. The maximum absolute atomic E-state index is 9.30. The van der Waals surface area contributed by atoms with Gasteiger partial charge in [0, 0.05) is 25.0 Å². The minimum atomic E-state index is 0.189. The first-order chi connectivity index (χ1) is 7.15. The number of aliphatic hydroxyl groups excluding tert-OH is 1. The summed E-state index contributed by atoms with van der Waals surface area (Å²) < 4.78 is 2.08. The van der Waals surface area contributed by atoms with Crippen molar-refractivity contribution in [2.75, 3.05) is 6.61 Å². The fraction of sp³-hybridized carbons (Fsp3) is 0.750. The summed E-state index contributed by atoms with van der Waals surface area (Å²) >= 11 is 0. The zero-order valence-electron chi connectivity index (χ0n) is 9.61. The molecule has 1 fully saturated rings. The molecule has 15 heavy (non-hydrogen) atoms. The largest absolute Gasteiger partial charge is 0.396 e. The number of aliphatic hydroxyl groups is 1. The molecule has 1 N–H and O–H groups in total. The zero-order chi connectivity index (χ0) is 10.9. The van der Waals surface area contributed by atoms with E-state index in [1.165, 1.54) is 5.69 Å². The van der Waals surface area contributed by atoms with E-state index in [2.05, 4.69) is 29.7 Å². The summed E-state index contributed by atoms with van der Waals surface area (Å²) in [6.07, 6.45) is 5.17. The number of nitrogens with zero attached hydrogens (tertiary/aromatic N) is 2. The van der Waals surface area contributed by atoms with E-state index in [4.69, 9.17) is 0 Å². The summed E-state index contributed by atoms with van der Waals surface area (Å²) in [5, 5.41) is 13.6. The first-order valence-electron chi connectivity index (χ1n) is 5.77. The Morgan fingerprint density at radius 2 is 2.27 bits per heavy atom. The van der Waals surface area contributed by atoms with Crippen molar-refractivity contribution in [3.05, 3.63) is 18.0 Å². The second-order valence-electron chi connectivity index (χ2n) is 5.23. The monoisotopic (exact) mass is 208 g/mol. The van der Waals surface area contributed by atoms with Gasteiger partial charge in [-0.05, 0) is 36.7 Å². The fourth-order valence-electron chi connectivity index (χ4n) is 1.97. The molecule has 1 aromatic heterocycles. The van der Waals surface area contributed by atoms with E-state index in [-0.39, 0.29) is 5.41 Å². The van der Waals surface area contributed by atoms with Crippen molar-refractivity contribution in [2.24, 2.45) is 11.3 Å². The van der Waals surface area contributed by atoms with Gasteiger partial charge in [0.25, 0.3) is 0 Å². The van der Waals surface area contributed by atoms with Crippen LogP contribution in [0.1, 0.15) is 32.4 Å². The molecule has 3 nitrogen and oxygen atoms in total. The first-order valence-corrected chi connectivity index (χ1v) is 5.77. The van der Waals surface area contributed by atoms with Gasteiger partial charge in [0.05, 0.1) is 0 Å². The lowest BCUT2D eigenvalue weighted by Crippen LogP contribution is -2.16. The topological polar surface area (TPSA) is 38.0 Å². The van der Waals surface area contributed by atoms with Crippen LogP contribution in [-0.2, 0) is 13.0 Å². The third-order valence-electron chi connectivity index (χ3n) is 3.19. The molecular formula is C12H20N2O. The minimum absolute atomic E-state index is 0.189. The molecule has 84 valence electrons. The SMILES string of the molecule is CC(C)Cn1nccc1CC1(CO)CC1. The molecular weight excluding hydrogens is 188 g/mol. The lowest BCUT2D eigenvalue weighted by molar-refractivity contribution is 0.208. The van der Waals surface area contributed by atoms with Crippen LogP contribution < -0.4 is 0 Å². The highest BCUT2D eigenvalue weighted by Gasteiger charge is 2.42. The van der Waals surface area contributed by atoms with Crippen molar-refractivity contribution in [2.45, 2.75) is 39.7 Å². The highest BCUT2D eigenvalue weighted by atomic mass is 16.3. The van der Waals surface area contributed by atoms with E-state index in [9.17, 15) is 5.11 Å². The number of hydrogen-bond donors (Lipinski definition) is 1. The molecule has 2 rings (SSSR count). The third-order valence-corrected chi connectivity index (χ3v) is 3.19. The van der Waals surface area contributed by atoms with E-state index < -0.39 is 0 Å². The Balaban J connectivity index is 2.05. The van der Waals surface area contributed by atoms with Crippen LogP contribution in [0.5, 0.6) is 0 Å². The molecule has 1 aliphatic rings. The molecule has 0 aromatic carbocycles. The Hall–Kier alpha value is -0.830. The molecule has 0 atom stereocenters. The summed E-state index contributed by atoms with van der Waals surface area (Å²) in [6.45, 7) is 5.69. The van der Waals surface area contributed by atoms with Gasteiger partial charge in [-0.2, -0.15) is 5.10 Å². The zero-order valence-corrected chi connectivity index (χ0v) is 9.61. The van der Waals surface area contributed by atoms with Gasteiger partial charge < -0.3 is 5.11 Å². The van der Waals surface area contributed by atoms with Crippen LogP contribution in [0.15, 0.2) is 12.3 Å². The molecule has 0 saturated heterocycles. The lowest BCUT2D eigenvalue weighted by Gasteiger charge is -2.14. The van der Waals surface area contributed by atoms with Crippen molar-refractivity contribution >= 4 is 0 Å². The Morgan fingerprint density at radius 1 is 1.53 bits per heavy atom. The van der Waals surface area contributed by atoms with Crippen molar-refractivity contribution in [3.63, 3.8) is 0 Å². The number of hydrogen-bond acceptors (Lipinski definition) is 2. The van der Waals surface area contributed by atoms with Gasteiger partial charge in [-0.3, -0.25) is 4.68 Å². The maximum Gasteiger partial charge on any atom is 0.0492 e. The quantitative estimate of drug-likeness (QED) is 0.802. The van der Waals surface area contributed by atoms with Gasteiger partial charge in [0.2, 0.25) is 0 Å². The summed E-state index contributed by atoms with van der Waals surface area (Å²) in [5.74, 6) is 0.618. The first kappa shape index (κ1) is 10.7. The van der Waals surface area contributed by atoms with E-state index in [0.29, 0.717) is 12.5 Å². The maximum atomic E-state index is 9.30. The minimum Gasteiger partial charge on any atom is -0.396 e. The molecule has 0 aliphatic heterocycles. The average Bonchev–Trinajstić information content (AvgIpc) is 2.84. The fourth-order valence-corrected chi connectivity index (χ4v) is 1.97. The Kier molecular flexibility index (Phi) is 2.83. The van der Waals surface area contributed by atoms with Crippen LogP contribution in [0.3, 0.4) is 0 Å². The van der Waals surface area contributed by atoms with Crippen LogP contribution in [0.25, 0.3) is 0 Å². The molecule has 0 amide bonds. The van der Waals surface area contributed by atoms with Gasteiger partial charge in [-0.15, -0.1) is 0 Å². The van der Waals surface area contributed by atoms with Crippen LogP contribution in [0, 0.1) is 11.3 Å². The third kappa shape index (κ3) is 2.40. The summed E-state index contributed by atoms with van der Waals surface area (Å²) in [6, 6.07) is 2.08. The summed E-state index contributed by atoms with van der Waals surface area (Å²) in [5.41, 5.74) is 1.46. The molecule has 3 heteroatoms. The standard InChI is InChI=1S/C12H20N2O/c1-10(2)8-14-11(3-6-13-14)7-12(9-15)4-5-12/h3,6,10,15H,4-5,7-9H2,1-2H3. The highest BCUT2D eigenvalue weighted by Crippen LogP contribution is 2.47. The van der Waals surface area contributed by atoms with Crippen molar-refractivity contribution < 1.29 is 5.11 Å². The van der Waals surface area contributed by atoms with Gasteiger partial charge in [0.15, 0.2) is 0 Å². The predicted octanol–water partition coefficient (Wildman–Crippen LogP) is 1.85. The molecule has 0 bridgehead atoms. The van der Waals surface area contributed by atoms with Gasteiger partial charge in [-0.25, -0.2) is 0 Å². The Bertz CT molecular complexity index is 326. The molecule has 1 heterocycles. The lowest BCUT2D eigenvalue weighted by atomic mass is 10.0. The van der Waals surface area contributed by atoms with Crippen molar-refractivity contribution in [3.8, 4) is 0 Å². The second kappa shape index (κ2) is 3.97. The average molecular weight is 208 g/mol. The summed E-state index contributed by atoms with van der Waals surface area (Å²) in [7, 11) is 0. The normalized spacial score (nSPS) is 18.4. The van der Waals surface area contributed by atoms with E-state index in [1.807, 2.05) is 6.20 Å². The Labute approximate surface area is 91.1 Å². The van der Waals surface area contributed by atoms with Crippen LogP contribution >= 0.6 is 0 Å². The highest BCUT2D eigenvalue weighted by molar-refractivity contribution is 5.09. The predicted molar refractivity (Wildman–Crippen MR) is 59.5 cm³/mol. The second-order valence-corrected chi connectivity index (χ2v) is 5.23. The number of rotatable bonds is 5. The van der Waals surface area contributed by atoms with Gasteiger partial charge >= 0.3 is 0 Å². The molecule has 0 spiro atoms. The Morgan fingerprint density at radius 3 is 2.80 bits per heavy atom.